The van der Waals surface area contributed by atoms with Crippen LogP contribution in [0, 0.1) is 0 Å². The lowest BCUT2D eigenvalue weighted by Crippen LogP contribution is -2.25. The van der Waals surface area contributed by atoms with Crippen LogP contribution in [-0.4, -0.2) is 28.1 Å². The predicted octanol–water partition coefficient (Wildman–Crippen LogP) is 6.31. The van der Waals surface area contributed by atoms with Crippen LogP contribution in [0.4, 0.5) is 0 Å². The maximum absolute atomic E-state index is 12.3. The van der Waals surface area contributed by atoms with Gasteiger partial charge in [0.05, 0.1) is 23.4 Å². The van der Waals surface area contributed by atoms with Gasteiger partial charge in [0.1, 0.15) is 16.1 Å². The SMILES string of the molecule is CCOC(=O)c1ccc(Br)cc1Sc1c(Cl)cccc1/C=N/[S+]([O-])C(C)(C)C. The highest BCUT2D eigenvalue weighted by Gasteiger charge is 2.26. The summed E-state index contributed by atoms with van der Waals surface area (Å²) in [6.45, 7) is 7.65. The molecule has 150 valence electrons. The van der Waals surface area contributed by atoms with Gasteiger partial charge in [-0.25, -0.2) is 4.79 Å². The van der Waals surface area contributed by atoms with Crippen LogP contribution >= 0.6 is 39.3 Å². The van der Waals surface area contributed by atoms with Crippen molar-refractivity contribution >= 4 is 62.8 Å². The average molecular weight is 503 g/mol. The molecule has 8 heteroatoms. The fourth-order valence-electron chi connectivity index (χ4n) is 2.07. The zero-order chi connectivity index (χ0) is 20.9. The van der Waals surface area contributed by atoms with E-state index in [1.807, 2.05) is 32.9 Å². The first-order chi connectivity index (χ1) is 13.1. The van der Waals surface area contributed by atoms with Crippen LogP contribution in [0.5, 0.6) is 0 Å². The molecular weight excluding hydrogens is 482 g/mol. The zero-order valence-electron chi connectivity index (χ0n) is 16.0. The number of hydrogen-bond acceptors (Lipinski definition) is 5. The highest BCUT2D eigenvalue weighted by molar-refractivity contribution is 9.10. The summed E-state index contributed by atoms with van der Waals surface area (Å²) in [7, 11) is 0. The van der Waals surface area contributed by atoms with Crippen LogP contribution < -0.4 is 0 Å². The van der Waals surface area contributed by atoms with Crippen molar-refractivity contribution in [3.63, 3.8) is 0 Å². The van der Waals surface area contributed by atoms with Gasteiger partial charge in [0.2, 0.25) is 0 Å². The first kappa shape index (κ1) is 23.3. The van der Waals surface area contributed by atoms with E-state index < -0.39 is 22.1 Å². The number of esters is 1. The third-order valence-corrected chi connectivity index (χ3v) is 6.94. The van der Waals surface area contributed by atoms with Gasteiger partial charge < -0.3 is 9.29 Å². The minimum atomic E-state index is -1.38. The number of rotatable bonds is 6. The van der Waals surface area contributed by atoms with Crippen LogP contribution in [0.1, 0.15) is 43.6 Å². The van der Waals surface area contributed by atoms with Crippen molar-refractivity contribution in [2.24, 2.45) is 4.40 Å². The summed E-state index contributed by atoms with van der Waals surface area (Å²) >= 11 is 9.83. The van der Waals surface area contributed by atoms with Gasteiger partial charge in [-0.15, -0.1) is 0 Å². The van der Waals surface area contributed by atoms with Crippen molar-refractivity contribution in [2.45, 2.75) is 42.2 Å². The lowest BCUT2D eigenvalue weighted by molar-refractivity contribution is 0.0522. The average Bonchev–Trinajstić information content (AvgIpc) is 2.61. The van der Waals surface area contributed by atoms with Crippen molar-refractivity contribution in [2.75, 3.05) is 6.61 Å². The molecule has 0 bridgehead atoms. The van der Waals surface area contributed by atoms with Gasteiger partial charge in [-0.05, 0) is 52.0 Å². The number of ether oxygens (including phenoxy) is 1. The third-order valence-electron chi connectivity index (χ3n) is 3.46. The maximum Gasteiger partial charge on any atom is 0.339 e. The highest BCUT2D eigenvalue weighted by atomic mass is 79.9. The van der Waals surface area contributed by atoms with Crippen LogP contribution in [-0.2, 0) is 16.1 Å². The molecule has 2 aromatic carbocycles. The summed E-state index contributed by atoms with van der Waals surface area (Å²) in [5.41, 5.74) is 1.18. The van der Waals surface area contributed by atoms with E-state index in [-0.39, 0.29) is 0 Å². The van der Waals surface area contributed by atoms with Gasteiger partial charge in [-0.3, -0.25) is 0 Å². The summed E-state index contributed by atoms with van der Waals surface area (Å²) in [6.07, 6.45) is 1.57. The van der Waals surface area contributed by atoms with Crippen LogP contribution in [0.15, 0.2) is 55.1 Å². The van der Waals surface area contributed by atoms with Gasteiger partial charge >= 0.3 is 5.97 Å². The fraction of sp³-hybridized carbons (Fsp3) is 0.300. The molecule has 2 aromatic rings. The van der Waals surface area contributed by atoms with Crippen LogP contribution in [0.25, 0.3) is 0 Å². The van der Waals surface area contributed by atoms with Crippen LogP contribution in [0.3, 0.4) is 0 Å². The molecule has 0 saturated heterocycles. The lowest BCUT2D eigenvalue weighted by atomic mass is 10.2. The Kier molecular flexibility index (Phi) is 8.45. The molecule has 0 aromatic heterocycles. The van der Waals surface area contributed by atoms with Crippen LogP contribution in [0.2, 0.25) is 5.02 Å². The molecule has 4 nitrogen and oxygen atoms in total. The fourth-order valence-corrected chi connectivity index (χ4v) is 4.47. The molecule has 0 aliphatic heterocycles. The number of hydrogen-bond donors (Lipinski definition) is 0. The Labute approximate surface area is 186 Å². The first-order valence-electron chi connectivity index (χ1n) is 8.52. The Morgan fingerprint density at radius 1 is 1.36 bits per heavy atom. The number of carbonyl (C=O) groups is 1. The Hall–Kier alpha value is -0.990. The second-order valence-corrected chi connectivity index (χ2v) is 11.0. The molecule has 0 amide bonds. The van der Waals surface area contributed by atoms with Crippen molar-refractivity contribution in [3.05, 3.63) is 57.0 Å². The first-order valence-corrected chi connectivity index (χ1v) is 11.6. The minimum absolute atomic E-state index is 0.293. The second kappa shape index (κ2) is 10.2. The maximum atomic E-state index is 12.3. The summed E-state index contributed by atoms with van der Waals surface area (Å²) < 4.78 is 22.0. The molecule has 0 radical (unpaired) electrons. The highest BCUT2D eigenvalue weighted by Crippen LogP contribution is 2.38. The predicted molar refractivity (Wildman–Crippen MR) is 121 cm³/mol. The van der Waals surface area contributed by atoms with E-state index in [1.165, 1.54) is 11.8 Å². The standard InChI is InChI=1S/C20H21BrClNO3S2/c1-5-26-19(24)15-10-9-14(21)11-17(15)27-18-13(7-6-8-16(18)22)12-23-28(25)20(2,3)4/h6-12H,5H2,1-4H3/b23-12+. The molecular formula is C20H21BrClNO3S2. The molecule has 2 rings (SSSR count). The van der Waals surface area contributed by atoms with E-state index in [0.717, 1.165) is 14.9 Å². The molecule has 0 aliphatic carbocycles. The molecule has 0 heterocycles. The van der Waals surface area contributed by atoms with E-state index in [2.05, 4.69) is 20.3 Å². The smallest absolute Gasteiger partial charge is 0.339 e. The molecule has 1 unspecified atom stereocenters. The van der Waals surface area contributed by atoms with Crippen molar-refractivity contribution in [1.82, 2.24) is 0 Å². The number of carbonyl (C=O) groups excluding carboxylic acids is 1. The molecule has 1 atom stereocenters. The van der Waals surface area contributed by atoms with Gasteiger partial charge in [0, 0.05) is 19.8 Å². The minimum Gasteiger partial charge on any atom is -0.591 e. The summed E-state index contributed by atoms with van der Waals surface area (Å²) in [5.74, 6) is -0.395. The number of nitrogens with zero attached hydrogens (tertiary/aromatic N) is 1. The Morgan fingerprint density at radius 3 is 2.71 bits per heavy atom. The Bertz CT molecular complexity index is 884. The van der Waals surface area contributed by atoms with Gasteiger partial charge in [0.15, 0.2) is 0 Å². The summed E-state index contributed by atoms with van der Waals surface area (Å²) in [6, 6.07) is 10.8. The van der Waals surface area contributed by atoms with Crippen molar-refractivity contribution < 1.29 is 14.1 Å². The zero-order valence-corrected chi connectivity index (χ0v) is 20.0. The van der Waals surface area contributed by atoms with Crippen molar-refractivity contribution in [1.29, 1.82) is 0 Å². The molecule has 0 fully saturated rings. The Balaban J connectivity index is 2.44. The Morgan fingerprint density at radius 2 is 2.07 bits per heavy atom. The summed E-state index contributed by atoms with van der Waals surface area (Å²) in [4.78, 5) is 13.7. The number of benzene rings is 2. The van der Waals surface area contributed by atoms with Gasteiger partial charge in [-0.2, -0.15) is 0 Å². The topological polar surface area (TPSA) is 61.7 Å². The quantitative estimate of drug-likeness (QED) is 0.264. The monoisotopic (exact) mass is 501 g/mol. The molecule has 0 N–H and O–H groups in total. The number of halogens is 2. The second-order valence-electron chi connectivity index (χ2n) is 6.72. The van der Waals surface area contributed by atoms with E-state index in [1.54, 1.807) is 37.4 Å². The van der Waals surface area contributed by atoms with E-state index in [4.69, 9.17) is 16.3 Å². The van der Waals surface area contributed by atoms with E-state index in [9.17, 15) is 9.35 Å². The van der Waals surface area contributed by atoms with Crippen molar-refractivity contribution in [3.8, 4) is 0 Å². The summed E-state index contributed by atoms with van der Waals surface area (Å²) in [5, 5.41) is 0.519. The van der Waals surface area contributed by atoms with Gasteiger partial charge in [-0.1, -0.05) is 55.8 Å². The molecule has 0 spiro atoms. The third kappa shape index (κ3) is 6.26. The molecule has 28 heavy (non-hydrogen) atoms. The van der Waals surface area contributed by atoms with Gasteiger partial charge in [0.25, 0.3) is 0 Å². The molecule has 0 saturated carbocycles. The normalized spacial score (nSPS) is 13.0. The lowest BCUT2D eigenvalue weighted by Gasteiger charge is -2.18. The largest absolute Gasteiger partial charge is 0.591 e. The molecule has 0 aliphatic rings. The van der Waals surface area contributed by atoms with E-state index >= 15 is 0 Å². The van der Waals surface area contributed by atoms with E-state index in [0.29, 0.717) is 22.1 Å².